The maximum atomic E-state index is 11.8. The molecule has 0 spiro atoms. The lowest BCUT2D eigenvalue weighted by Crippen LogP contribution is -2.35. The molecule has 2 fully saturated rings. The largest absolute Gasteiger partial charge is 0.353 e. The lowest BCUT2D eigenvalue weighted by Gasteiger charge is -2.18. The van der Waals surface area contributed by atoms with Gasteiger partial charge in [-0.2, -0.15) is 0 Å². The van der Waals surface area contributed by atoms with Crippen LogP contribution in [0, 0.1) is 11.8 Å². The number of hydrogen-bond acceptors (Lipinski definition) is 2. The second kappa shape index (κ2) is 4.44. The van der Waals surface area contributed by atoms with Gasteiger partial charge >= 0.3 is 0 Å². The third-order valence-corrected chi connectivity index (χ3v) is 3.09. The van der Waals surface area contributed by atoms with Crippen LogP contribution in [0.5, 0.6) is 0 Å². The standard InChI is InChI=1S/C12H20N2O2/c1-8(2)6-14-7-9(5-11(14)15)12(16)13-10-3-4-10/h8-10H,3-7H2,1-2H3,(H,13,16). The van der Waals surface area contributed by atoms with E-state index in [4.69, 9.17) is 0 Å². The fourth-order valence-electron chi connectivity index (χ4n) is 2.11. The van der Waals surface area contributed by atoms with Gasteiger partial charge in [0, 0.05) is 25.6 Å². The van der Waals surface area contributed by atoms with E-state index in [0.29, 0.717) is 24.9 Å². The lowest BCUT2D eigenvalue weighted by molar-refractivity contribution is -0.129. The van der Waals surface area contributed by atoms with Crippen LogP contribution in [0.25, 0.3) is 0 Å². The van der Waals surface area contributed by atoms with Crippen molar-refractivity contribution in [1.82, 2.24) is 10.2 Å². The van der Waals surface area contributed by atoms with Crippen molar-refractivity contribution in [1.29, 1.82) is 0 Å². The highest BCUT2D eigenvalue weighted by Crippen LogP contribution is 2.23. The van der Waals surface area contributed by atoms with Crippen molar-refractivity contribution in [3.05, 3.63) is 0 Å². The summed E-state index contributed by atoms with van der Waals surface area (Å²) >= 11 is 0. The van der Waals surface area contributed by atoms with E-state index >= 15 is 0 Å². The van der Waals surface area contributed by atoms with Crippen molar-refractivity contribution in [2.75, 3.05) is 13.1 Å². The summed E-state index contributed by atoms with van der Waals surface area (Å²) in [6.07, 6.45) is 2.59. The summed E-state index contributed by atoms with van der Waals surface area (Å²) in [6, 6.07) is 0.391. The highest BCUT2D eigenvalue weighted by atomic mass is 16.2. The molecule has 4 heteroatoms. The molecule has 1 atom stereocenters. The number of nitrogens with one attached hydrogen (secondary N) is 1. The minimum absolute atomic E-state index is 0.0714. The number of amides is 2. The first-order valence-corrected chi connectivity index (χ1v) is 6.14. The molecule has 0 aromatic carbocycles. The molecule has 1 N–H and O–H groups in total. The molecule has 1 aliphatic carbocycles. The maximum Gasteiger partial charge on any atom is 0.225 e. The normalized spacial score (nSPS) is 25.3. The molecule has 0 aromatic heterocycles. The fourth-order valence-corrected chi connectivity index (χ4v) is 2.11. The molecular weight excluding hydrogens is 204 g/mol. The minimum atomic E-state index is -0.119. The van der Waals surface area contributed by atoms with Crippen molar-refractivity contribution >= 4 is 11.8 Å². The van der Waals surface area contributed by atoms with Gasteiger partial charge in [-0.05, 0) is 18.8 Å². The van der Waals surface area contributed by atoms with Gasteiger partial charge in [-0.3, -0.25) is 9.59 Å². The Bertz CT molecular complexity index is 297. The predicted octanol–water partition coefficient (Wildman–Crippen LogP) is 0.769. The van der Waals surface area contributed by atoms with Gasteiger partial charge in [-0.15, -0.1) is 0 Å². The molecular formula is C12H20N2O2. The van der Waals surface area contributed by atoms with Crippen LogP contribution >= 0.6 is 0 Å². The molecule has 1 unspecified atom stereocenters. The smallest absolute Gasteiger partial charge is 0.225 e. The molecule has 0 bridgehead atoms. The third-order valence-electron chi connectivity index (χ3n) is 3.09. The first-order chi connectivity index (χ1) is 7.56. The second-order valence-corrected chi connectivity index (χ2v) is 5.38. The van der Waals surface area contributed by atoms with Crippen molar-refractivity contribution in [2.45, 2.75) is 39.2 Å². The minimum Gasteiger partial charge on any atom is -0.353 e. The first kappa shape index (κ1) is 11.4. The number of hydrogen-bond donors (Lipinski definition) is 1. The quantitative estimate of drug-likeness (QED) is 0.766. The summed E-state index contributed by atoms with van der Waals surface area (Å²) in [5, 5.41) is 2.97. The first-order valence-electron chi connectivity index (χ1n) is 6.14. The number of nitrogens with zero attached hydrogens (tertiary/aromatic N) is 1. The zero-order valence-electron chi connectivity index (χ0n) is 10.0. The lowest BCUT2D eigenvalue weighted by atomic mass is 10.1. The van der Waals surface area contributed by atoms with Crippen LogP contribution in [0.3, 0.4) is 0 Å². The van der Waals surface area contributed by atoms with Gasteiger partial charge < -0.3 is 10.2 Å². The van der Waals surface area contributed by atoms with E-state index in [9.17, 15) is 9.59 Å². The van der Waals surface area contributed by atoms with E-state index < -0.39 is 0 Å². The Morgan fingerprint density at radius 2 is 2.19 bits per heavy atom. The zero-order valence-corrected chi connectivity index (χ0v) is 10.0. The van der Waals surface area contributed by atoms with Crippen molar-refractivity contribution in [3.63, 3.8) is 0 Å². The monoisotopic (exact) mass is 224 g/mol. The molecule has 2 rings (SSSR count). The summed E-state index contributed by atoms with van der Waals surface area (Å²) in [5.41, 5.74) is 0. The molecule has 90 valence electrons. The predicted molar refractivity (Wildman–Crippen MR) is 60.7 cm³/mol. The van der Waals surface area contributed by atoms with Crippen LogP contribution in [-0.2, 0) is 9.59 Å². The highest BCUT2D eigenvalue weighted by Gasteiger charge is 2.36. The molecule has 1 aliphatic heterocycles. The molecule has 4 nitrogen and oxygen atoms in total. The molecule has 1 saturated carbocycles. The van der Waals surface area contributed by atoms with Crippen LogP contribution in [0.15, 0.2) is 0 Å². The molecule has 2 amide bonds. The van der Waals surface area contributed by atoms with Gasteiger partial charge in [0.1, 0.15) is 0 Å². The Morgan fingerprint density at radius 3 is 2.75 bits per heavy atom. The number of carbonyl (C=O) groups excluding carboxylic acids is 2. The average Bonchev–Trinajstić information content (AvgIpc) is 2.92. The topological polar surface area (TPSA) is 49.4 Å². The Hall–Kier alpha value is -1.06. The fraction of sp³-hybridized carbons (Fsp3) is 0.833. The summed E-state index contributed by atoms with van der Waals surface area (Å²) in [5.74, 6) is 0.549. The van der Waals surface area contributed by atoms with Gasteiger partial charge in [0.25, 0.3) is 0 Å². The Kier molecular flexibility index (Phi) is 3.17. The molecule has 1 saturated heterocycles. The van der Waals surface area contributed by atoms with Crippen molar-refractivity contribution in [2.24, 2.45) is 11.8 Å². The van der Waals surface area contributed by atoms with E-state index in [0.717, 1.165) is 19.4 Å². The third kappa shape index (κ3) is 2.74. The average molecular weight is 224 g/mol. The Morgan fingerprint density at radius 1 is 1.50 bits per heavy atom. The van der Waals surface area contributed by atoms with E-state index in [-0.39, 0.29) is 17.7 Å². The van der Waals surface area contributed by atoms with E-state index in [1.807, 2.05) is 4.90 Å². The molecule has 1 heterocycles. The Balaban J connectivity index is 1.84. The van der Waals surface area contributed by atoms with Gasteiger partial charge in [-0.25, -0.2) is 0 Å². The van der Waals surface area contributed by atoms with Crippen LogP contribution in [0.1, 0.15) is 33.1 Å². The van der Waals surface area contributed by atoms with Crippen molar-refractivity contribution < 1.29 is 9.59 Å². The highest BCUT2D eigenvalue weighted by molar-refractivity contribution is 5.89. The van der Waals surface area contributed by atoms with E-state index in [1.165, 1.54) is 0 Å². The molecule has 16 heavy (non-hydrogen) atoms. The summed E-state index contributed by atoms with van der Waals surface area (Å²) in [6.45, 7) is 5.55. The molecule has 0 radical (unpaired) electrons. The van der Waals surface area contributed by atoms with E-state index in [1.54, 1.807) is 0 Å². The van der Waals surface area contributed by atoms with Gasteiger partial charge in [0.05, 0.1) is 5.92 Å². The zero-order chi connectivity index (χ0) is 11.7. The Labute approximate surface area is 96.4 Å². The van der Waals surface area contributed by atoms with Gasteiger partial charge in [0.2, 0.25) is 11.8 Å². The number of likely N-dealkylation sites (tertiary alicyclic amines) is 1. The summed E-state index contributed by atoms with van der Waals surface area (Å²) in [7, 11) is 0. The SMILES string of the molecule is CC(C)CN1CC(C(=O)NC2CC2)CC1=O. The second-order valence-electron chi connectivity index (χ2n) is 5.38. The molecule has 0 aromatic rings. The van der Waals surface area contributed by atoms with Crippen LogP contribution in [0.2, 0.25) is 0 Å². The maximum absolute atomic E-state index is 11.8. The van der Waals surface area contributed by atoms with Crippen LogP contribution < -0.4 is 5.32 Å². The number of rotatable bonds is 4. The van der Waals surface area contributed by atoms with Gasteiger partial charge in [-0.1, -0.05) is 13.8 Å². The van der Waals surface area contributed by atoms with Crippen LogP contribution in [-0.4, -0.2) is 35.8 Å². The van der Waals surface area contributed by atoms with Crippen molar-refractivity contribution in [3.8, 4) is 0 Å². The summed E-state index contributed by atoms with van der Waals surface area (Å²) < 4.78 is 0. The van der Waals surface area contributed by atoms with Crippen LogP contribution in [0.4, 0.5) is 0 Å². The summed E-state index contributed by atoms with van der Waals surface area (Å²) in [4.78, 5) is 25.3. The number of carbonyl (C=O) groups is 2. The van der Waals surface area contributed by atoms with Gasteiger partial charge in [0.15, 0.2) is 0 Å². The van der Waals surface area contributed by atoms with E-state index in [2.05, 4.69) is 19.2 Å². The molecule has 2 aliphatic rings.